The van der Waals surface area contributed by atoms with Gasteiger partial charge in [0.25, 0.3) is 0 Å². The van der Waals surface area contributed by atoms with Crippen LogP contribution in [-0.2, 0) is 19.5 Å². The second kappa shape index (κ2) is 7.33. The van der Waals surface area contributed by atoms with Gasteiger partial charge >= 0.3 is 0 Å². The molecule has 1 aromatic carbocycles. The van der Waals surface area contributed by atoms with Crippen molar-refractivity contribution in [1.29, 1.82) is 0 Å². The topological polar surface area (TPSA) is 56.5 Å². The largest absolute Gasteiger partial charge is 0.493 e. The van der Waals surface area contributed by atoms with Crippen LogP contribution in [0.5, 0.6) is 11.5 Å². The molecule has 2 rings (SSSR count). The fraction of sp³-hybridized carbons (Fsp3) is 0.400. The summed E-state index contributed by atoms with van der Waals surface area (Å²) in [7, 11) is 3.15. The predicted molar refractivity (Wildman–Crippen MR) is 81.0 cm³/mol. The lowest BCUT2D eigenvalue weighted by molar-refractivity contribution is 0.354. The Morgan fingerprint density at radius 1 is 1.24 bits per heavy atom. The molecule has 0 radical (unpaired) electrons. The zero-order chi connectivity index (χ0) is 15.2. The molecule has 1 heterocycles. The van der Waals surface area contributed by atoms with Gasteiger partial charge in [-0.1, -0.05) is 18.5 Å². The highest BCUT2D eigenvalue weighted by atomic mass is 35.5. The number of nitrogens with zero attached hydrogens (tertiary/aromatic N) is 1. The molecule has 2 aromatic rings. The van der Waals surface area contributed by atoms with E-state index in [1.165, 1.54) is 0 Å². The Kier molecular flexibility index (Phi) is 5.47. The van der Waals surface area contributed by atoms with Gasteiger partial charge in [0.05, 0.1) is 32.0 Å². The molecular weight excluding hydrogens is 292 g/mol. The van der Waals surface area contributed by atoms with Crippen molar-refractivity contribution in [1.82, 2.24) is 10.3 Å². The summed E-state index contributed by atoms with van der Waals surface area (Å²) in [5, 5.41) is 3.79. The van der Waals surface area contributed by atoms with E-state index in [0.29, 0.717) is 35.5 Å². The lowest BCUT2D eigenvalue weighted by atomic mass is 10.2. The average molecular weight is 311 g/mol. The molecule has 0 saturated heterocycles. The molecule has 0 atom stereocenters. The predicted octanol–water partition coefficient (Wildman–Crippen LogP) is 3.20. The standard InChI is InChI=1S/C15H19ClN2O3/c1-4-11-8-18-14(21-11)9-17-7-10-5-12(16)15(20-3)13(6-10)19-2/h5-6,8,17H,4,7,9H2,1-3H3. The van der Waals surface area contributed by atoms with Crippen LogP contribution in [0.25, 0.3) is 0 Å². The normalized spacial score (nSPS) is 10.7. The smallest absolute Gasteiger partial charge is 0.208 e. The van der Waals surface area contributed by atoms with Gasteiger partial charge in [-0.15, -0.1) is 0 Å². The van der Waals surface area contributed by atoms with Gasteiger partial charge in [0.15, 0.2) is 11.5 Å². The first-order chi connectivity index (χ1) is 10.2. The number of aryl methyl sites for hydroxylation is 1. The van der Waals surface area contributed by atoms with Crippen LogP contribution in [0, 0.1) is 0 Å². The zero-order valence-electron chi connectivity index (χ0n) is 12.4. The first-order valence-corrected chi connectivity index (χ1v) is 7.10. The van der Waals surface area contributed by atoms with Gasteiger partial charge in [-0.05, 0) is 17.7 Å². The number of halogens is 1. The van der Waals surface area contributed by atoms with Crippen LogP contribution in [0.2, 0.25) is 5.02 Å². The summed E-state index contributed by atoms with van der Waals surface area (Å²) in [5.74, 6) is 2.73. The molecule has 0 fully saturated rings. The minimum Gasteiger partial charge on any atom is -0.493 e. The third kappa shape index (κ3) is 3.89. The molecule has 1 N–H and O–H groups in total. The van der Waals surface area contributed by atoms with Crippen LogP contribution < -0.4 is 14.8 Å². The van der Waals surface area contributed by atoms with Crippen molar-refractivity contribution >= 4 is 11.6 Å². The molecule has 0 saturated carbocycles. The Morgan fingerprint density at radius 3 is 2.67 bits per heavy atom. The van der Waals surface area contributed by atoms with Crippen LogP contribution in [0.1, 0.15) is 24.1 Å². The summed E-state index contributed by atoms with van der Waals surface area (Å²) in [4.78, 5) is 4.20. The number of benzene rings is 1. The number of ether oxygens (including phenoxy) is 2. The van der Waals surface area contributed by atoms with Gasteiger partial charge in [-0.3, -0.25) is 0 Å². The number of hydrogen-bond donors (Lipinski definition) is 1. The molecule has 0 spiro atoms. The number of hydrogen-bond acceptors (Lipinski definition) is 5. The Labute approximate surface area is 129 Å². The van der Waals surface area contributed by atoms with E-state index < -0.39 is 0 Å². The summed E-state index contributed by atoms with van der Waals surface area (Å²) in [6, 6.07) is 3.74. The SMILES string of the molecule is CCc1cnc(CNCc2cc(Cl)c(OC)c(OC)c2)o1. The van der Waals surface area contributed by atoms with Crippen LogP contribution in [0.3, 0.4) is 0 Å². The van der Waals surface area contributed by atoms with Crippen molar-refractivity contribution in [2.45, 2.75) is 26.4 Å². The Bertz CT molecular complexity index is 599. The van der Waals surface area contributed by atoms with Crippen LogP contribution in [0.15, 0.2) is 22.7 Å². The van der Waals surface area contributed by atoms with Gasteiger partial charge in [-0.2, -0.15) is 0 Å². The van der Waals surface area contributed by atoms with Crippen molar-refractivity contribution in [2.75, 3.05) is 14.2 Å². The average Bonchev–Trinajstić information content (AvgIpc) is 2.94. The van der Waals surface area contributed by atoms with Gasteiger partial charge in [0.2, 0.25) is 5.89 Å². The highest BCUT2D eigenvalue weighted by Gasteiger charge is 2.11. The van der Waals surface area contributed by atoms with Crippen LogP contribution in [-0.4, -0.2) is 19.2 Å². The highest BCUT2D eigenvalue weighted by Crippen LogP contribution is 2.35. The summed E-state index contributed by atoms with van der Waals surface area (Å²) in [5.41, 5.74) is 1.000. The third-order valence-corrected chi connectivity index (χ3v) is 3.33. The minimum atomic E-state index is 0.526. The lowest BCUT2D eigenvalue weighted by Crippen LogP contribution is -2.13. The van der Waals surface area contributed by atoms with E-state index in [-0.39, 0.29) is 0 Å². The maximum Gasteiger partial charge on any atom is 0.208 e. The van der Waals surface area contributed by atoms with Crippen LogP contribution >= 0.6 is 11.6 Å². The van der Waals surface area contributed by atoms with E-state index >= 15 is 0 Å². The maximum absolute atomic E-state index is 6.17. The van der Waals surface area contributed by atoms with Crippen molar-refractivity contribution in [3.8, 4) is 11.5 Å². The molecule has 114 valence electrons. The number of methoxy groups -OCH3 is 2. The van der Waals surface area contributed by atoms with E-state index in [2.05, 4.69) is 10.3 Å². The fourth-order valence-corrected chi connectivity index (χ4v) is 2.29. The summed E-state index contributed by atoms with van der Waals surface area (Å²) >= 11 is 6.17. The molecule has 0 aliphatic rings. The summed E-state index contributed by atoms with van der Waals surface area (Å²) in [6.07, 6.45) is 2.60. The minimum absolute atomic E-state index is 0.526. The third-order valence-electron chi connectivity index (χ3n) is 3.05. The Balaban J connectivity index is 1.98. The number of aromatic nitrogens is 1. The molecule has 0 aliphatic heterocycles. The van der Waals surface area contributed by atoms with Crippen molar-refractivity contribution in [3.05, 3.63) is 40.6 Å². The van der Waals surface area contributed by atoms with E-state index in [1.54, 1.807) is 20.4 Å². The molecule has 0 bridgehead atoms. The molecule has 6 heteroatoms. The number of rotatable bonds is 7. The molecule has 1 aromatic heterocycles. The van der Waals surface area contributed by atoms with Gasteiger partial charge in [0, 0.05) is 13.0 Å². The first-order valence-electron chi connectivity index (χ1n) is 6.72. The Morgan fingerprint density at radius 2 is 2.05 bits per heavy atom. The maximum atomic E-state index is 6.17. The fourth-order valence-electron chi connectivity index (χ4n) is 1.98. The lowest BCUT2D eigenvalue weighted by Gasteiger charge is -2.12. The highest BCUT2D eigenvalue weighted by molar-refractivity contribution is 6.32. The monoisotopic (exact) mass is 310 g/mol. The van der Waals surface area contributed by atoms with E-state index in [4.69, 9.17) is 25.5 Å². The van der Waals surface area contributed by atoms with E-state index in [9.17, 15) is 0 Å². The number of oxazole rings is 1. The van der Waals surface area contributed by atoms with E-state index in [1.807, 2.05) is 19.1 Å². The Hall–Kier alpha value is -1.72. The molecule has 0 amide bonds. The molecule has 0 unspecified atom stereocenters. The van der Waals surface area contributed by atoms with Gasteiger partial charge in [0.1, 0.15) is 5.76 Å². The quantitative estimate of drug-likeness (QED) is 0.851. The molecular formula is C15H19ClN2O3. The molecule has 5 nitrogen and oxygen atoms in total. The van der Waals surface area contributed by atoms with Gasteiger partial charge < -0.3 is 19.2 Å². The van der Waals surface area contributed by atoms with Crippen molar-refractivity contribution in [2.24, 2.45) is 0 Å². The van der Waals surface area contributed by atoms with Crippen LogP contribution in [0.4, 0.5) is 0 Å². The summed E-state index contributed by atoms with van der Waals surface area (Å²) < 4.78 is 16.0. The summed E-state index contributed by atoms with van der Waals surface area (Å²) in [6.45, 7) is 3.22. The first kappa shape index (κ1) is 15.7. The second-order valence-electron chi connectivity index (χ2n) is 4.49. The second-order valence-corrected chi connectivity index (χ2v) is 4.90. The van der Waals surface area contributed by atoms with Crippen molar-refractivity contribution in [3.63, 3.8) is 0 Å². The van der Waals surface area contributed by atoms with Crippen molar-refractivity contribution < 1.29 is 13.9 Å². The molecule has 0 aliphatic carbocycles. The number of nitrogens with one attached hydrogen (secondary N) is 1. The van der Waals surface area contributed by atoms with E-state index in [0.717, 1.165) is 17.7 Å². The molecule has 21 heavy (non-hydrogen) atoms. The van der Waals surface area contributed by atoms with Gasteiger partial charge in [-0.25, -0.2) is 4.98 Å². The zero-order valence-corrected chi connectivity index (χ0v) is 13.2.